The quantitative estimate of drug-likeness (QED) is 0.730. The van der Waals surface area contributed by atoms with Crippen LogP contribution in [0.5, 0.6) is 0 Å². The molecule has 17 heavy (non-hydrogen) atoms. The van der Waals surface area contributed by atoms with Gasteiger partial charge >= 0.3 is 0 Å². The van der Waals surface area contributed by atoms with E-state index >= 15 is 0 Å². The van der Waals surface area contributed by atoms with Gasteiger partial charge in [0.1, 0.15) is 0 Å². The van der Waals surface area contributed by atoms with Gasteiger partial charge in [0.2, 0.25) is 0 Å². The number of fused-ring (bicyclic) bond motifs is 1. The van der Waals surface area contributed by atoms with Crippen molar-refractivity contribution in [2.24, 2.45) is 5.92 Å². The molecule has 2 unspecified atom stereocenters. The predicted octanol–water partition coefficient (Wildman–Crippen LogP) is 2.98. The number of hydrogen-bond donors (Lipinski definition) is 0. The van der Waals surface area contributed by atoms with Crippen LogP contribution in [0.25, 0.3) is 0 Å². The lowest BCUT2D eigenvalue weighted by atomic mass is 10.3. The third-order valence-corrected chi connectivity index (χ3v) is 4.60. The van der Waals surface area contributed by atoms with Crippen molar-refractivity contribution in [3.63, 3.8) is 0 Å². The highest BCUT2D eigenvalue weighted by Gasteiger charge is 2.47. The van der Waals surface area contributed by atoms with E-state index in [1.165, 1.54) is 45.3 Å². The number of likely N-dealkylation sites (tertiary alicyclic amines) is 2. The molecule has 2 atom stereocenters. The van der Waals surface area contributed by atoms with Gasteiger partial charge in [-0.05, 0) is 78.9 Å². The summed E-state index contributed by atoms with van der Waals surface area (Å²) in [6.45, 7) is 13.2. The molecule has 0 bridgehead atoms. The van der Waals surface area contributed by atoms with Crippen molar-refractivity contribution in [1.82, 2.24) is 9.80 Å². The van der Waals surface area contributed by atoms with Gasteiger partial charge in [0.25, 0.3) is 0 Å². The summed E-state index contributed by atoms with van der Waals surface area (Å²) < 4.78 is 0. The van der Waals surface area contributed by atoms with Gasteiger partial charge in [-0.25, -0.2) is 0 Å². The molecular formula is C15H30N2. The largest absolute Gasteiger partial charge is 0.301 e. The Hall–Kier alpha value is -0.0800. The van der Waals surface area contributed by atoms with Crippen molar-refractivity contribution in [2.75, 3.05) is 19.6 Å². The fraction of sp³-hybridized carbons (Fsp3) is 1.00. The van der Waals surface area contributed by atoms with Gasteiger partial charge in [-0.1, -0.05) is 0 Å². The van der Waals surface area contributed by atoms with E-state index in [1.54, 1.807) is 0 Å². The van der Waals surface area contributed by atoms with Crippen LogP contribution < -0.4 is 0 Å². The van der Waals surface area contributed by atoms with Crippen LogP contribution >= 0.6 is 0 Å². The molecule has 100 valence electrons. The van der Waals surface area contributed by atoms with E-state index < -0.39 is 0 Å². The lowest BCUT2D eigenvalue weighted by molar-refractivity contribution is 0.242. The summed E-state index contributed by atoms with van der Waals surface area (Å²) in [4.78, 5) is 5.17. The first-order valence-electron chi connectivity index (χ1n) is 7.59. The Morgan fingerprint density at radius 3 is 1.76 bits per heavy atom. The van der Waals surface area contributed by atoms with E-state index in [0.29, 0.717) is 0 Å². The fourth-order valence-corrected chi connectivity index (χ4v) is 3.33. The lowest BCUT2D eigenvalue weighted by Crippen LogP contribution is -2.30. The topological polar surface area (TPSA) is 6.48 Å². The molecule has 3 fully saturated rings. The van der Waals surface area contributed by atoms with E-state index in [4.69, 9.17) is 0 Å². The lowest BCUT2D eigenvalue weighted by Gasteiger charge is -2.21. The zero-order valence-electron chi connectivity index (χ0n) is 12.2. The zero-order valence-corrected chi connectivity index (χ0v) is 12.2. The predicted molar refractivity (Wildman–Crippen MR) is 74.3 cm³/mol. The van der Waals surface area contributed by atoms with Gasteiger partial charge in [0, 0.05) is 18.1 Å². The first-order chi connectivity index (χ1) is 8.09. The monoisotopic (exact) mass is 238 g/mol. The minimum Gasteiger partial charge on any atom is -0.301 e. The first-order valence-corrected chi connectivity index (χ1v) is 7.59. The van der Waals surface area contributed by atoms with Crippen molar-refractivity contribution in [3.8, 4) is 0 Å². The summed E-state index contributed by atoms with van der Waals surface area (Å²) in [6, 6.07) is 2.57. The highest BCUT2D eigenvalue weighted by atomic mass is 15.2. The van der Waals surface area contributed by atoms with Gasteiger partial charge in [-0.15, -0.1) is 0 Å². The SMILES string of the molecule is CC(C)N1CCC2CC21.CC(C)N1CCCC1. The second-order valence-electron chi connectivity index (χ2n) is 6.52. The molecule has 3 aliphatic rings. The molecule has 0 aromatic carbocycles. The molecule has 3 rings (SSSR count). The molecule has 0 amide bonds. The third-order valence-electron chi connectivity index (χ3n) is 4.60. The highest BCUT2D eigenvalue weighted by Crippen LogP contribution is 2.45. The number of nitrogens with zero attached hydrogens (tertiary/aromatic N) is 2. The molecule has 1 aliphatic carbocycles. The van der Waals surface area contributed by atoms with Crippen LogP contribution in [0.2, 0.25) is 0 Å². The summed E-state index contributed by atoms with van der Waals surface area (Å²) in [7, 11) is 0. The Kier molecular flexibility index (Phi) is 4.48. The van der Waals surface area contributed by atoms with E-state index in [0.717, 1.165) is 24.0 Å². The normalized spacial score (nSPS) is 32.8. The van der Waals surface area contributed by atoms with Crippen molar-refractivity contribution < 1.29 is 0 Å². The van der Waals surface area contributed by atoms with E-state index in [1.807, 2.05) is 0 Å². The van der Waals surface area contributed by atoms with E-state index in [-0.39, 0.29) is 0 Å². The molecule has 2 heterocycles. The molecule has 2 aliphatic heterocycles. The first kappa shape index (κ1) is 13.4. The molecular weight excluding hydrogens is 208 g/mol. The van der Waals surface area contributed by atoms with Gasteiger partial charge in [0.15, 0.2) is 0 Å². The van der Waals surface area contributed by atoms with Gasteiger partial charge in [-0.3, -0.25) is 4.90 Å². The Labute approximate surface area is 107 Å². The maximum atomic E-state index is 2.64. The Morgan fingerprint density at radius 2 is 1.53 bits per heavy atom. The van der Waals surface area contributed by atoms with Crippen molar-refractivity contribution in [3.05, 3.63) is 0 Å². The Bertz CT molecular complexity index is 231. The maximum absolute atomic E-state index is 2.64. The van der Waals surface area contributed by atoms with E-state index in [9.17, 15) is 0 Å². The highest BCUT2D eigenvalue weighted by molar-refractivity contribution is 5.01. The number of piperidine rings is 1. The molecule has 1 saturated carbocycles. The molecule has 0 N–H and O–H groups in total. The molecule has 2 saturated heterocycles. The smallest absolute Gasteiger partial charge is 0.0130 e. The number of hydrogen-bond acceptors (Lipinski definition) is 2. The van der Waals surface area contributed by atoms with Crippen LogP contribution in [0.4, 0.5) is 0 Å². The minimum absolute atomic E-state index is 0.775. The van der Waals surface area contributed by atoms with Gasteiger partial charge in [-0.2, -0.15) is 0 Å². The summed E-state index contributed by atoms with van der Waals surface area (Å²) >= 11 is 0. The minimum atomic E-state index is 0.775. The van der Waals surface area contributed by atoms with Crippen molar-refractivity contribution in [2.45, 2.75) is 71.5 Å². The summed E-state index contributed by atoms with van der Waals surface area (Å²) in [6.07, 6.45) is 5.80. The van der Waals surface area contributed by atoms with Gasteiger partial charge < -0.3 is 4.90 Å². The molecule has 2 nitrogen and oxygen atoms in total. The second-order valence-corrected chi connectivity index (χ2v) is 6.52. The van der Waals surface area contributed by atoms with Crippen LogP contribution in [-0.2, 0) is 0 Å². The summed E-state index contributed by atoms with van der Waals surface area (Å²) in [5.41, 5.74) is 0. The van der Waals surface area contributed by atoms with E-state index in [2.05, 4.69) is 37.5 Å². The Balaban J connectivity index is 0.000000128. The fourth-order valence-electron chi connectivity index (χ4n) is 3.33. The Morgan fingerprint density at radius 1 is 0.882 bits per heavy atom. The van der Waals surface area contributed by atoms with Crippen LogP contribution in [0.1, 0.15) is 53.4 Å². The van der Waals surface area contributed by atoms with Crippen LogP contribution in [0, 0.1) is 5.92 Å². The van der Waals surface area contributed by atoms with Crippen molar-refractivity contribution >= 4 is 0 Å². The molecule has 0 aromatic rings. The summed E-state index contributed by atoms with van der Waals surface area (Å²) in [5.74, 6) is 1.10. The molecule has 0 radical (unpaired) electrons. The molecule has 2 heteroatoms. The van der Waals surface area contributed by atoms with Crippen LogP contribution in [-0.4, -0.2) is 47.6 Å². The standard InChI is InChI=1S/C8H15N.C7H15N/c1-6(2)9-4-3-7-5-8(7)9;1-7(2)8-5-3-4-6-8/h6-8H,3-5H2,1-2H3;7H,3-6H2,1-2H3. The average molecular weight is 238 g/mol. The van der Waals surface area contributed by atoms with Crippen LogP contribution in [0.3, 0.4) is 0 Å². The van der Waals surface area contributed by atoms with Crippen LogP contribution in [0.15, 0.2) is 0 Å². The molecule has 0 aromatic heterocycles. The zero-order chi connectivity index (χ0) is 12.4. The van der Waals surface area contributed by atoms with Crippen molar-refractivity contribution in [1.29, 1.82) is 0 Å². The third kappa shape index (κ3) is 3.45. The summed E-state index contributed by atoms with van der Waals surface area (Å²) in [5, 5.41) is 0. The maximum Gasteiger partial charge on any atom is 0.0130 e. The number of rotatable bonds is 2. The molecule has 0 spiro atoms. The van der Waals surface area contributed by atoms with Gasteiger partial charge in [0.05, 0.1) is 0 Å². The average Bonchev–Trinajstić information content (AvgIpc) is 2.76. The second kappa shape index (κ2) is 5.71.